The van der Waals surface area contributed by atoms with Crippen molar-refractivity contribution in [2.45, 2.75) is 18.1 Å². The average molecular weight is 626 g/mol. The molecule has 1 aliphatic heterocycles. The van der Waals surface area contributed by atoms with Gasteiger partial charge in [0, 0.05) is 38.3 Å². The largest absolute Gasteiger partial charge is 0.297 e. The molecule has 0 aliphatic carbocycles. The number of thiazole rings is 1. The van der Waals surface area contributed by atoms with Crippen molar-refractivity contribution in [3.05, 3.63) is 121 Å². The molecule has 11 heteroatoms. The van der Waals surface area contributed by atoms with Gasteiger partial charge in [0.1, 0.15) is 16.7 Å². The SMILES string of the molecule is N#C/C(C(=O)Nc1ncc(Cc2cccc(Cl)c2)s1)=C1/S[C@@H](Cc2cc(Cl)ccc2Cl)C(=O)N1c1ccccc1. The Balaban J connectivity index is 1.42. The van der Waals surface area contributed by atoms with Crippen molar-refractivity contribution in [1.29, 1.82) is 5.26 Å². The van der Waals surface area contributed by atoms with Crippen molar-refractivity contribution in [2.75, 3.05) is 10.2 Å². The molecule has 200 valence electrons. The molecule has 2 amide bonds. The molecule has 4 aromatic rings. The van der Waals surface area contributed by atoms with E-state index in [2.05, 4.69) is 10.3 Å². The van der Waals surface area contributed by atoms with Crippen molar-refractivity contribution >= 4 is 80.5 Å². The molecule has 0 unspecified atom stereocenters. The third-order valence-electron chi connectivity index (χ3n) is 5.97. The highest BCUT2D eigenvalue weighted by Gasteiger charge is 2.41. The molecule has 3 aromatic carbocycles. The predicted molar refractivity (Wildman–Crippen MR) is 163 cm³/mol. The van der Waals surface area contributed by atoms with Crippen LogP contribution in [0.25, 0.3) is 0 Å². The number of hydrogen-bond donors (Lipinski definition) is 1. The first-order valence-corrected chi connectivity index (χ1v) is 14.8. The molecule has 1 saturated heterocycles. The van der Waals surface area contributed by atoms with E-state index >= 15 is 0 Å². The second kappa shape index (κ2) is 12.5. The smallest absolute Gasteiger partial charge is 0.270 e. The van der Waals surface area contributed by atoms with E-state index in [9.17, 15) is 14.9 Å². The Morgan fingerprint density at radius 2 is 1.80 bits per heavy atom. The van der Waals surface area contributed by atoms with Crippen LogP contribution in [0.15, 0.2) is 89.6 Å². The highest BCUT2D eigenvalue weighted by Crippen LogP contribution is 2.42. The molecule has 1 N–H and O–H groups in total. The minimum Gasteiger partial charge on any atom is -0.297 e. The number of rotatable bonds is 7. The zero-order valence-electron chi connectivity index (χ0n) is 20.6. The van der Waals surface area contributed by atoms with Gasteiger partial charge in [-0.1, -0.05) is 76.9 Å². The lowest BCUT2D eigenvalue weighted by Gasteiger charge is -2.18. The summed E-state index contributed by atoms with van der Waals surface area (Å²) in [5, 5.41) is 14.4. The number of hydrogen-bond acceptors (Lipinski definition) is 6. The molecule has 2 heterocycles. The molecule has 0 spiro atoms. The molecule has 0 saturated carbocycles. The Bertz CT molecular complexity index is 1670. The van der Waals surface area contributed by atoms with Crippen LogP contribution in [0.4, 0.5) is 10.8 Å². The van der Waals surface area contributed by atoms with E-state index < -0.39 is 11.2 Å². The van der Waals surface area contributed by atoms with Gasteiger partial charge >= 0.3 is 0 Å². The number of anilines is 2. The van der Waals surface area contributed by atoms with E-state index in [4.69, 9.17) is 34.8 Å². The lowest BCUT2D eigenvalue weighted by molar-refractivity contribution is -0.117. The Morgan fingerprint density at radius 3 is 2.55 bits per heavy atom. The summed E-state index contributed by atoms with van der Waals surface area (Å²) >= 11 is 21.1. The molecule has 1 atom stereocenters. The highest BCUT2D eigenvalue weighted by molar-refractivity contribution is 8.05. The monoisotopic (exact) mass is 624 g/mol. The van der Waals surface area contributed by atoms with Crippen LogP contribution in [0.3, 0.4) is 0 Å². The van der Waals surface area contributed by atoms with E-state index in [0.717, 1.165) is 22.2 Å². The number of carbonyl (C=O) groups is 2. The van der Waals surface area contributed by atoms with Crippen molar-refractivity contribution < 1.29 is 9.59 Å². The summed E-state index contributed by atoms with van der Waals surface area (Å²) < 4.78 is 0. The van der Waals surface area contributed by atoms with E-state index in [1.165, 1.54) is 16.2 Å². The van der Waals surface area contributed by atoms with Crippen LogP contribution < -0.4 is 10.2 Å². The van der Waals surface area contributed by atoms with E-state index in [1.54, 1.807) is 54.7 Å². The summed E-state index contributed by atoms with van der Waals surface area (Å²) in [6.07, 6.45) is 2.55. The minimum atomic E-state index is -0.649. The lowest BCUT2D eigenvalue weighted by Crippen LogP contribution is -2.30. The van der Waals surface area contributed by atoms with Gasteiger partial charge in [0.25, 0.3) is 5.91 Å². The van der Waals surface area contributed by atoms with Gasteiger partial charge in [-0.15, -0.1) is 11.3 Å². The van der Waals surface area contributed by atoms with Crippen LogP contribution in [0.2, 0.25) is 15.1 Å². The van der Waals surface area contributed by atoms with Gasteiger partial charge in [-0.3, -0.25) is 19.8 Å². The maximum absolute atomic E-state index is 13.7. The first-order chi connectivity index (χ1) is 19.3. The van der Waals surface area contributed by atoms with Gasteiger partial charge in [0.15, 0.2) is 5.13 Å². The molecule has 1 fully saturated rings. The van der Waals surface area contributed by atoms with Crippen molar-refractivity contribution in [3.63, 3.8) is 0 Å². The average Bonchev–Trinajstić information content (AvgIpc) is 3.50. The molecular weight excluding hydrogens is 607 g/mol. The minimum absolute atomic E-state index is 0.187. The van der Waals surface area contributed by atoms with Crippen molar-refractivity contribution in [3.8, 4) is 6.07 Å². The number of nitrogens with zero attached hydrogens (tertiary/aromatic N) is 3. The summed E-state index contributed by atoms with van der Waals surface area (Å²) in [6.45, 7) is 0. The third-order valence-corrected chi connectivity index (χ3v) is 8.99. The van der Waals surface area contributed by atoms with Crippen LogP contribution in [0, 0.1) is 11.3 Å². The summed E-state index contributed by atoms with van der Waals surface area (Å²) in [5.74, 6) is -0.912. The highest BCUT2D eigenvalue weighted by atomic mass is 35.5. The Hall–Kier alpha value is -3.32. The number of para-hydroxylation sites is 1. The van der Waals surface area contributed by atoms with Crippen molar-refractivity contribution in [2.24, 2.45) is 0 Å². The van der Waals surface area contributed by atoms with Gasteiger partial charge < -0.3 is 0 Å². The normalized spacial score (nSPS) is 16.1. The van der Waals surface area contributed by atoms with E-state index in [1.807, 2.05) is 30.3 Å². The number of benzene rings is 3. The standard InChI is InChI=1S/C29H19Cl3N4O2S2/c30-19-6-4-5-17(11-19)12-22-16-34-29(39-22)35-26(37)23(15-33)28-36(21-7-2-1-3-8-21)27(38)25(40-28)14-18-13-20(31)9-10-24(18)32/h1-11,13,16,25H,12,14H2,(H,34,35,37)/b28-23-/t25-/m0/s1. The van der Waals surface area contributed by atoms with Gasteiger partial charge in [-0.2, -0.15) is 5.26 Å². The van der Waals surface area contributed by atoms with Crippen LogP contribution >= 0.6 is 57.9 Å². The van der Waals surface area contributed by atoms with Crippen LogP contribution in [-0.4, -0.2) is 22.0 Å². The van der Waals surface area contributed by atoms with E-state index in [-0.39, 0.29) is 22.9 Å². The van der Waals surface area contributed by atoms with Crippen LogP contribution in [-0.2, 0) is 22.4 Å². The maximum Gasteiger partial charge on any atom is 0.270 e. The quantitative estimate of drug-likeness (QED) is 0.168. The Labute approximate surface area is 254 Å². The zero-order valence-corrected chi connectivity index (χ0v) is 24.5. The number of thioether (sulfide) groups is 1. The summed E-state index contributed by atoms with van der Waals surface area (Å²) in [5.41, 5.74) is 2.08. The molecule has 5 rings (SSSR count). The molecular formula is C29H19Cl3N4O2S2. The molecule has 40 heavy (non-hydrogen) atoms. The number of nitrogens with one attached hydrogen (secondary N) is 1. The van der Waals surface area contributed by atoms with E-state index in [0.29, 0.717) is 37.9 Å². The Kier molecular flexibility index (Phi) is 8.79. The second-order valence-electron chi connectivity index (χ2n) is 8.74. The maximum atomic E-state index is 13.7. The van der Waals surface area contributed by atoms with Gasteiger partial charge in [-0.05, 0) is 60.0 Å². The summed E-state index contributed by atoms with van der Waals surface area (Å²) in [6, 6.07) is 23.5. The molecule has 0 radical (unpaired) electrons. The van der Waals surface area contributed by atoms with Crippen LogP contribution in [0.5, 0.6) is 0 Å². The second-order valence-corrected chi connectivity index (χ2v) is 12.3. The fourth-order valence-electron chi connectivity index (χ4n) is 4.15. The number of carbonyl (C=O) groups excluding carboxylic acids is 2. The fraction of sp³-hybridized carbons (Fsp3) is 0.103. The third kappa shape index (κ3) is 6.35. The molecule has 0 bridgehead atoms. The number of amides is 2. The van der Waals surface area contributed by atoms with Gasteiger partial charge in [0.05, 0.1) is 5.25 Å². The number of nitriles is 1. The lowest BCUT2D eigenvalue weighted by atomic mass is 10.1. The molecule has 6 nitrogen and oxygen atoms in total. The first-order valence-electron chi connectivity index (χ1n) is 12.0. The van der Waals surface area contributed by atoms with Crippen LogP contribution in [0.1, 0.15) is 16.0 Å². The summed E-state index contributed by atoms with van der Waals surface area (Å²) in [7, 11) is 0. The number of aromatic nitrogens is 1. The topological polar surface area (TPSA) is 86.1 Å². The molecule has 1 aliphatic rings. The fourth-order valence-corrected chi connectivity index (χ4v) is 6.89. The van der Waals surface area contributed by atoms with Gasteiger partial charge in [-0.25, -0.2) is 4.98 Å². The number of halogens is 3. The first kappa shape index (κ1) is 28.2. The predicted octanol–water partition coefficient (Wildman–Crippen LogP) is 7.76. The zero-order chi connectivity index (χ0) is 28.2. The molecule has 1 aromatic heterocycles. The van der Waals surface area contributed by atoms with Crippen molar-refractivity contribution in [1.82, 2.24) is 4.98 Å². The van der Waals surface area contributed by atoms with Gasteiger partial charge in [0.2, 0.25) is 5.91 Å². The Morgan fingerprint density at radius 1 is 1.02 bits per heavy atom. The summed E-state index contributed by atoms with van der Waals surface area (Å²) in [4.78, 5) is 33.6.